The first-order chi connectivity index (χ1) is 23.7. The zero-order chi connectivity index (χ0) is 34.0. The lowest BCUT2D eigenvalue weighted by Gasteiger charge is -2.43. The van der Waals surface area contributed by atoms with E-state index in [4.69, 9.17) is 14.2 Å². The van der Waals surface area contributed by atoms with E-state index in [-0.39, 0.29) is 43.1 Å². The van der Waals surface area contributed by atoms with Crippen LogP contribution in [0, 0.1) is 11.3 Å². The van der Waals surface area contributed by atoms with Crippen molar-refractivity contribution in [1.29, 1.82) is 5.26 Å². The maximum Gasteiger partial charge on any atom is 0.407 e. The number of ether oxygens (including phenoxy) is 3. The summed E-state index contributed by atoms with van der Waals surface area (Å²) in [7, 11) is 0. The van der Waals surface area contributed by atoms with E-state index in [0.717, 1.165) is 55.7 Å². The Bertz CT molecular complexity index is 1730. The number of amides is 2. The van der Waals surface area contributed by atoms with E-state index in [1.54, 1.807) is 6.07 Å². The van der Waals surface area contributed by atoms with Crippen molar-refractivity contribution >= 4 is 29.3 Å². The van der Waals surface area contributed by atoms with Gasteiger partial charge in [-0.2, -0.15) is 10.2 Å². The minimum Gasteiger partial charge on any atom is -0.483 e. The Kier molecular flexibility index (Phi) is 9.11. The molecule has 0 radical (unpaired) electrons. The highest BCUT2D eigenvalue weighted by molar-refractivity contribution is 5.79. The molecule has 5 heterocycles. The minimum atomic E-state index is -3.37. The van der Waals surface area contributed by atoms with Crippen molar-refractivity contribution < 1.29 is 32.6 Å². The highest BCUT2D eigenvalue weighted by Gasteiger charge is 2.48. The first-order valence-electron chi connectivity index (χ1n) is 16.2. The van der Waals surface area contributed by atoms with Crippen LogP contribution >= 0.6 is 0 Å². The molecular weight excluding hydrogens is 640 g/mol. The standard InChI is InChI=1S/C33H35F2N9O5/c34-33(35)19-44(29(45)14-24-16-48-32(46)40-24)8-7-28(33)49-27-6-1-21(13-22(27)15-36)30-37-20-38-31(41-30)39-23-2-4-25(5-3-23)42-9-11-43(12-10-42)26-17-47-18-26/h1-6,13,20,24,26,28H,7-12,14,16-19H2,(H,40,46)(H,37,38,39,41)/t24-,28+/m1/s1. The molecule has 0 spiro atoms. The molecule has 1 aromatic heterocycles. The lowest BCUT2D eigenvalue weighted by molar-refractivity contribution is -0.160. The molecule has 2 N–H and O–H groups in total. The molecule has 256 valence electrons. The van der Waals surface area contributed by atoms with Gasteiger partial charge in [-0.05, 0) is 42.5 Å². The van der Waals surface area contributed by atoms with E-state index < -0.39 is 36.6 Å². The van der Waals surface area contributed by atoms with Gasteiger partial charge < -0.3 is 34.6 Å². The lowest BCUT2D eigenvalue weighted by Crippen LogP contribution is -2.56. The first kappa shape index (κ1) is 32.4. The molecule has 7 rings (SSSR count). The topological polar surface area (TPSA) is 158 Å². The van der Waals surface area contributed by atoms with E-state index >= 15 is 8.78 Å². The number of rotatable bonds is 9. The number of cyclic esters (lactones) is 1. The Hall–Kier alpha value is -5.14. The molecule has 4 aliphatic rings. The van der Waals surface area contributed by atoms with Crippen molar-refractivity contribution in [2.24, 2.45) is 0 Å². The van der Waals surface area contributed by atoms with Crippen LogP contribution in [-0.2, 0) is 14.3 Å². The van der Waals surface area contributed by atoms with Gasteiger partial charge in [0.25, 0.3) is 0 Å². The van der Waals surface area contributed by atoms with Crippen LogP contribution in [0.2, 0.25) is 0 Å². The molecule has 4 saturated heterocycles. The number of anilines is 3. The number of alkyl carbamates (subject to hydrolysis) is 1. The molecule has 16 heteroatoms. The van der Waals surface area contributed by atoms with Crippen LogP contribution in [0.15, 0.2) is 48.8 Å². The molecule has 4 fully saturated rings. The number of nitriles is 1. The fraction of sp³-hybridized carbons (Fsp3) is 0.455. The van der Waals surface area contributed by atoms with E-state index in [9.17, 15) is 14.9 Å². The molecule has 4 aliphatic heterocycles. The van der Waals surface area contributed by atoms with Crippen molar-refractivity contribution in [2.75, 3.05) is 69.3 Å². The van der Waals surface area contributed by atoms with Crippen LogP contribution in [0.3, 0.4) is 0 Å². The molecular formula is C33H35F2N9O5. The fourth-order valence-electron chi connectivity index (χ4n) is 6.33. The van der Waals surface area contributed by atoms with Gasteiger partial charge in [0.1, 0.15) is 24.8 Å². The molecule has 0 aliphatic carbocycles. The third-order valence-electron chi connectivity index (χ3n) is 9.18. The van der Waals surface area contributed by atoms with Gasteiger partial charge in [-0.25, -0.2) is 23.5 Å². The third kappa shape index (κ3) is 7.32. The number of piperazine rings is 1. The number of hydrogen-bond donors (Lipinski definition) is 2. The quantitative estimate of drug-likeness (QED) is 0.342. The van der Waals surface area contributed by atoms with E-state index in [2.05, 4.69) is 47.5 Å². The molecule has 49 heavy (non-hydrogen) atoms. The Morgan fingerprint density at radius 2 is 1.88 bits per heavy atom. The molecule has 2 atom stereocenters. The predicted octanol–water partition coefficient (Wildman–Crippen LogP) is 2.79. The third-order valence-corrected chi connectivity index (χ3v) is 9.18. The smallest absolute Gasteiger partial charge is 0.407 e. The Balaban J connectivity index is 0.958. The summed E-state index contributed by atoms with van der Waals surface area (Å²) in [6.07, 6.45) is -1.11. The van der Waals surface area contributed by atoms with Crippen molar-refractivity contribution in [3.63, 3.8) is 0 Å². The van der Waals surface area contributed by atoms with Gasteiger partial charge in [0.2, 0.25) is 11.9 Å². The molecule has 0 unspecified atom stereocenters. The SMILES string of the molecule is N#Cc1cc(-c2ncnc(Nc3ccc(N4CCN(C5COC5)CC4)cc3)n2)ccc1O[C@H]1CCN(C(=O)C[C@@H]2COC(=O)N2)CC1(F)F. The predicted molar refractivity (Wildman–Crippen MR) is 172 cm³/mol. The van der Waals surface area contributed by atoms with Gasteiger partial charge in [0, 0.05) is 56.1 Å². The van der Waals surface area contributed by atoms with Crippen LogP contribution < -0.4 is 20.3 Å². The number of benzene rings is 2. The van der Waals surface area contributed by atoms with Gasteiger partial charge in [-0.3, -0.25) is 9.69 Å². The highest BCUT2D eigenvalue weighted by atomic mass is 19.3. The first-order valence-corrected chi connectivity index (χ1v) is 16.2. The second-order valence-electron chi connectivity index (χ2n) is 12.5. The number of aromatic nitrogens is 3. The summed E-state index contributed by atoms with van der Waals surface area (Å²) in [5, 5.41) is 15.5. The van der Waals surface area contributed by atoms with Crippen molar-refractivity contribution in [3.05, 3.63) is 54.4 Å². The van der Waals surface area contributed by atoms with Gasteiger partial charge >= 0.3 is 12.0 Å². The maximum atomic E-state index is 15.2. The maximum absolute atomic E-state index is 15.2. The van der Waals surface area contributed by atoms with Gasteiger partial charge in [0.15, 0.2) is 11.9 Å². The van der Waals surface area contributed by atoms with Crippen LogP contribution in [0.1, 0.15) is 18.4 Å². The highest BCUT2D eigenvalue weighted by Crippen LogP contribution is 2.34. The minimum absolute atomic E-state index is 0.00696. The van der Waals surface area contributed by atoms with Crippen LogP contribution in [0.25, 0.3) is 11.4 Å². The number of hydrogen-bond acceptors (Lipinski definition) is 12. The van der Waals surface area contributed by atoms with Crippen molar-refractivity contribution in [3.8, 4) is 23.2 Å². The number of piperidine rings is 1. The number of nitrogens with one attached hydrogen (secondary N) is 2. The molecule has 0 bridgehead atoms. The molecule has 2 aromatic carbocycles. The molecule has 3 aromatic rings. The average molecular weight is 676 g/mol. The summed E-state index contributed by atoms with van der Waals surface area (Å²) < 4.78 is 46.1. The summed E-state index contributed by atoms with van der Waals surface area (Å²) in [6, 6.07) is 14.6. The largest absolute Gasteiger partial charge is 0.483 e. The second kappa shape index (κ2) is 13.8. The molecule has 2 amide bonds. The zero-order valence-electron chi connectivity index (χ0n) is 26.6. The number of alkyl halides is 2. The average Bonchev–Trinajstić information content (AvgIpc) is 3.49. The van der Waals surface area contributed by atoms with Crippen LogP contribution in [0.5, 0.6) is 5.75 Å². The number of halogens is 2. The summed E-state index contributed by atoms with van der Waals surface area (Å²) >= 11 is 0. The van der Waals surface area contributed by atoms with Gasteiger partial charge in [-0.15, -0.1) is 0 Å². The lowest BCUT2D eigenvalue weighted by atomic mass is 10.0. The van der Waals surface area contributed by atoms with Crippen LogP contribution in [-0.4, -0.2) is 120 Å². The summed E-state index contributed by atoms with van der Waals surface area (Å²) in [4.78, 5) is 42.7. The van der Waals surface area contributed by atoms with E-state index in [1.807, 2.05) is 18.2 Å². The molecule has 14 nitrogen and oxygen atoms in total. The summed E-state index contributed by atoms with van der Waals surface area (Å²) in [6.45, 7) is 4.80. The van der Waals surface area contributed by atoms with Gasteiger partial charge in [-0.1, -0.05) is 0 Å². The van der Waals surface area contributed by atoms with Crippen LogP contribution in [0.4, 0.5) is 30.9 Å². The Morgan fingerprint density at radius 3 is 2.55 bits per heavy atom. The fourth-order valence-corrected chi connectivity index (χ4v) is 6.33. The van der Waals surface area contributed by atoms with Gasteiger partial charge in [0.05, 0.1) is 43.8 Å². The second-order valence-corrected chi connectivity index (χ2v) is 12.5. The van der Waals surface area contributed by atoms with Crippen molar-refractivity contribution in [2.45, 2.75) is 37.0 Å². The number of carbonyl (C=O) groups is 2. The van der Waals surface area contributed by atoms with E-state index in [1.165, 1.54) is 18.5 Å². The van der Waals surface area contributed by atoms with E-state index in [0.29, 0.717) is 17.6 Å². The number of likely N-dealkylation sites (tertiary alicyclic amines) is 1. The normalized spacial score (nSPS) is 22.4. The summed E-state index contributed by atoms with van der Waals surface area (Å²) in [5.74, 6) is -3.30. The molecule has 0 saturated carbocycles. The monoisotopic (exact) mass is 675 g/mol. The zero-order valence-corrected chi connectivity index (χ0v) is 26.6. The Labute approximate surface area is 281 Å². The number of nitrogens with zero attached hydrogens (tertiary/aromatic N) is 7. The van der Waals surface area contributed by atoms with Crippen molar-refractivity contribution in [1.82, 2.24) is 30.1 Å². The summed E-state index contributed by atoms with van der Waals surface area (Å²) in [5.41, 5.74) is 2.45. The Morgan fingerprint density at radius 1 is 1.08 bits per heavy atom. The number of carbonyl (C=O) groups excluding carboxylic acids is 2.